The standard InChI is InChI=1S/C10H22N2O/c1-3-5-7-10(12-11)8-6-9-13-4-2/h3,10,12H,1,4-9,11H2,2H3. The van der Waals surface area contributed by atoms with Crippen LogP contribution in [0.25, 0.3) is 0 Å². The van der Waals surface area contributed by atoms with Crippen LogP contribution in [0.15, 0.2) is 12.7 Å². The third-order valence-electron chi connectivity index (χ3n) is 2.00. The van der Waals surface area contributed by atoms with Crippen LogP contribution in [0.2, 0.25) is 0 Å². The smallest absolute Gasteiger partial charge is 0.0466 e. The molecule has 0 saturated carbocycles. The van der Waals surface area contributed by atoms with E-state index in [9.17, 15) is 0 Å². The monoisotopic (exact) mass is 186 g/mol. The van der Waals surface area contributed by atoms with E-state index in [1.807, 2.05) is 13.0 Å². The molecule has 0 aliphatic carbocycles. The Balaban J connectivity index is 3.30. The number of rotatable bonds is 9. The molecule has 1 atom stereocenters. The number of hydrazine groups is 1. The molecule has 13 heavy (non-hydrogen) atoms. The van der Waals surface area contributed by atoms with Gasteiger partial charge in [-0.3, -0.25) is 11.3 Å². The molecule has 3 N–H and O–H groups in total. The highest BCUT2D eigenvalue weighted by atomic mass is 16.5. The molecule has 0 bridgehead atoms. The van der Waals surface area contributed by atoms with Crippen LogP contribution in [-0.2, 0) is 4.74 Å². The summed E-state index contributed by atoms with van der Waals surface area (Å²) in [6.45, 7) is 7.33. The van der Waals surface area contributed by atoms with Crippen molar-refractivity contribution in [2.45, 2.75) is 38.6 Å². The molecule has 0 rings (SSSR count). The molecule has 3 heteroatoms. The van der Waals surface area contributed by atoms with Gasteiger partial charge < -0.3 is 4.74 Å². The van der Waals surface area contributed by atoms with Crippen molar-refractivity contribution >= 4 is 0 Å². The lowest BCUT2D eigenvalue weighted by atomic mass is 10.1. The van der Waals surface area contributed by atoms with Gasteiger partial charge in [-0.2, -0.15) is 0 Å². The van der Waals surface area contributed by atoms with Crippen molar-refractivity contribution in [1.82, 2.24) is 5.43 Å². The Labute approximate surface area is 81.3 Å². The van der Waals surface area contributed by atoms with Gasteiger partial charge in [-0.1, -0.05) is 6.08 Å². The minimum atomic E-state index is 0.401. The van der Waals surface area contributed by atoms with E-state index in [0.29, 0.717) is 6.04 Å². The minimum Gasteiger partial charge on any atom is -0.382 e. The number of hydrogen-bond donors (Lipinski definition) is 2. The van der Waals surface area contributed by atoms with Crippen molar-refractivity contribution in [2.75, 3.05) is 13.2 Å². The average molecular weight is 186 g/mol. The summed E-state index contributed by atoms with van der Waals surface area (Å²) in [7, 11) is 0. The summed E-state index contributed by atoms with van der Waals surface area (Å²) in [5.74, 6) is 5.40. The molecule has 0 aromatic carbocycles. The topological polar surface area (TPSA) is 47.3 Å². The van der Waals surface area contributed by atoms with Gasteiger partial charge in [0.25, 0.3) is 0 Å². The summed E-state index contributed by atoms with van der Waals surface area (Å²) >= 11 is 0. The number of allylic oxidation sites excluding steroid dienone is 1. The maximum absolute atomic E-state index is 5.40. The lowest BCUT2D eigenvalue weighted by Gasteiger charge is -2.14. The molecule has 0 aromatic rings. The van der Waals surface area contributed by atoms with Crippen LogP contribution in [0.1, 0.15) is 32.6 Å². The Hall–Kier alpha value is -0.380. The first-order valence-electron chi connectivity index (χ1n) is 4.99. The molecule has 0 saturated heterocycles. The molecule has 0 radical (unpaired) electrons. The zero-order chi connectivity index (χ0) is 9.94. The van der Waals surface area contributed by atoms with E-state index in [0.717, 1.165) is 38.9 Å². The highest BCUT2D eigenvalue weighted by molar-refractivity contribution is 4.72. The SMILES string of the molecule is C=CCCC(CCCOCC)NN. The van der Waals surface area contributed by atoms with E-state index in [1.54, 1.807) is 0 Å². The van der Waals surface area contributed by atoms with Gasteiger partial charge in [0.05, 0.1) is 0 Å². The largest absolute Gasteiger partial charge is 0.382 e. The van der Waals surface area contributed by atoms with Crippen LogP contribution in [0, 0.1) is 0 Å². The van der Waals surface area contributed by atoms with Crippen molar-refractivity contribution in [3.8, 4) is 0 Å². The average Bonchev–Trinajstić information content (AvgIpc) is 2.17. The van der Waals surface area contributed by atoms with Gasteiger partial charge in [0.1, 0.15) is 0 Å². The summed E-state index contributed by atoms with van der Waals surface area (Å²) < 4.78 is 5.24. The summed E-state index contributed by atoms with van der Waals surface area (Å²) in [5.41, 5.74) is 2.81. The highest BCUT2D eigenvalue weighted by Gasteiger charge is 2.03. The van der Waals surface area contributed by atoms with Crippen LogP contribution in [0.3, 0.4) is 0 Å². The van der Waals surface area contributed by atoms with Gasteiger partial charge >= 0.3 is 0 Å². The lowest BCUT2D eigenvalue weighted by Crippen LogP contribution is -2.35. The fourth-order valence-electron chi connectivity index (χ4n) is 1.21. The summed E-state index contributed by atoms with van der Waals surface area (Å²) in [6.07, 6.45) is 6.15. The van der Waals surface area contributed by atoms with Gasteiger partial charge in [-0.05, 0) is 32.6 Å². The maximum atomic E-state index is 5.40. The Morgan fingerprint density at radius 1 is 1.54 bits per heavy atom. The molecule has 0 fully saturated rings. The molecule has 0 aromatic heterocycles. The maximum Gasteiger partial charge on any atom is 0.0466 e. The Bertz CT molecular complexity index is 117. The number of nitrogens with two attached hydrogens (primary N) is 1. The predicted octanol–water partition coefficient (Wildman–Crippen LogP) is 1.60. The molecule has 3 nitrogen and oxygen atoms in total. The lowest BCUT2D eigenvalue weighted by molar-refractivity contribution is 0.140. The second kappa shape index (κ2) is 9.71. The molecular formula is C10H22N2O. The third kappa shape index (κ3) is 7.96. The quantitative estimate of drug-likeness (QED) is 0.249. The third-order valence-corrected chi connectivity index (χ3v) is 2.00. The van der Waals surface area contributed by atoms with E-state index in [4.69, 9.17) is 10.6 Å². The van der Waals surface area contributed by atoms with Gasteiger partial charge in [-0.25, -0.2) is 0 Å². The molecular weight excluding hydrogens is 164 g/mol. The Morgan fingerprint density at radius 3 is 2.85 bits per heavy atom. The van der Waals surface area contributed by atoms with E-state index < -0.39 is 0 Å². The number of ether oxygens (including phenoxy) is 1. The zero-order valence-corrected chi connectivity index (χ0v) is 8.59. The first kappa shape index (κ1) is 12.6. The predicted molar refractivity (Wildman–Crippen MR) is 56.3 cm³/mol. The van der Waals surface area contributed by atoms with E-state index >= 15 is 0 Å². The highest BCUT2D eigenvalue weighted by Crippen LogP contribution is 2.04. The van der Waals surface area contributed by atoms with E-state index in [2.05, 4.69) is 12.0 Å². The molecule has 0 amide bonds. The molecule has 0 aliphatic heterocycles. The van der Waals surface area contributed by atoms with Crippen molar-refractivity contribution in [1.29, 1.82) is 0 Å². The molecule has 1 unspecified atom stereocenters. The van der Waals surface area contributed by atoms with Crippen LogP contribution in [-0.4, -0.2) is 19.3 Å². The molecule has 0 aliphatic rings. The van der Waals surface area contributed by atoms with Crippen molar-refractivity contribution in [3.05, 3.63) is 12.7 Å². The molecule has 0 spiro atoms. The van der Waals surface area contributed by atoms with Gasteiger partial charge in [0, 0.05) is 19.3 Å². The van der Waals surface area contributed by atoms with Crippen molar-refractivity contribution < 1.29 is 4.74 Å². The minimum absolute atomic E-state index is 0.401. The van der Waals surface area contributed by atoms with Crippen LogP contribution in [0.5, 0.6) is 0 Å². The van der Waals surface area contributed by atoms with Crippen molar-refractivity contribution in [3.63, 3.8) is 0 Å². The summed E-state index contributed by atoms with van der Waals surface area (Å²) in [5, 5.41) is 0. The van der Waals surface area contributed by atoms with E-state index in [1.165, 1.54) is 0 Å². The van der Waals surface area contributed by atoms with Crippen LogP contribution in [0.4, 0.5) is 0 Å². The van der Waals surface area contributed by atoms with Crippen molar-refractivity contribution in [2.24, 2.45) is 5.84 Å². The zero-order valence-electron chi connectivity index (χ0n) is 8.59. The van der Waals surface area contributed by atoms with Gasteiger partial charge in [0.15, 0.2) is 0 Å². The van der Waals surface area contributed by atoms with Gasteiger partial charge in [0.2, 0.25) is 0 Å². The fourth-order valence-corrected chi connectivity index (χ4v) is 1.21. The second-order valence-corrected chi connectivity index (χ2v) is 3.07. The van der Waals surface area contributed by atoms with Crippen LogP contribution < -0.4 is 11.3 Å². The normalized spacial score (nSPS) is 12.8. The Kier molecular flexibility index (Phi) is 9.42. The fraction of sp³-hybridized carbons (Fsp3) is 0.800. The first-order valence-corrected chi connectivity index (χ1v) is 4.99. The molecule has 0 heterocycles. The summed E-state index contributed by atoms with van der Waals surface area (Å²) in [4.78, 5) is 0. The van der Waals surface area contributed by atoms with Crippen LogP contribution >= 0.6 is 0 Å². The number of nitrogens with one attached hydrogen (secondary N) is 1. The Morgan fingerprint density at radius 2 is 2.31 bits per heavy atom. The molecule has 78 valence electrons. The van der Waals surface area contributed by atoms with E-state index in [-0.39, 0.29) is 0 Å². The number of hydrogen-bond acceptors (Lipinski definition) is 3. The first-order chi connectivity index (χ1) is 6.35. The second-order valence-electron chi connectivity index (χ2n) is 3.07. The summed E-state index contributed by atoms with van der Waals surface area (Å²) in [6, 6.07) is 0.401. The van der Waals surface area contributed by atoms with Gasteiger partial charge in [-0.15, -0.1) is 6.58 Å².